The van der Waals surface area contributed by atoms with E-state index in [-0.39, 0.29) is 30.5 Å². The van der Waals surface area contributed by atoms with Gasteiger partial charge in [-0.05, 0) is 24.7 Å². The lowest BCUT2D eigenvalue weighted by Crippen LogP contribution is -2.47. The summed E-state index contributed by atoms with van der Waals surface area (Å²) in [6, 6.07) is -0.326. The first-order valence-electron chi connectivity index (χ1n) is 12.7. The topological polar surface area (TPSA) is 179 Å². The predicted octanol–water partition coefficient (Wildman–Crippen LogP) is -0.264. The minimum Gasteiger partial charge on any atom is -0.469 e. The van der Waals surface area contributed by atoms with Crippen LogP contribution in [0.3, 0.4) is 0 Å². The van der Waals surface area contributed by atoms with E-state index < -0.39 is 42.6 Å². The SMILES string of the molecule is COC(=O)C1C2C=CC(C2)C1NC(=O)OC[C@H]1OC(n2cnc3c(NC4CCOC4)ncnc32)C(O)[C@@H]1O. The van der Waals surface area contributed by atoms with Crippen LogP contribution < -0.4 is 10.6 Å². The van der Waals surface area contributed by atoms with Gasteiger partial charge in [-0.25, -0.2) is 19.7 Å². The molecule has 7 unspecified atom stereocenters. The second-order valence-corrected chi connectivity index (χ2v) is 10.1. The first kappa shape index (κ1) is 25.0. The van der Waals surface area contributed by atoms with Gasteiger partial charge < -0.3 is 39.8 Å². The van der Waals surface area contributed by atoms with Crippen molar-refractivity contribution in [3.8, 4) is 0 Å². The molecule has 4 N–H and O–H groups in total. The number of anilines is 1. The Morgan fingerprint density at radius 3 is 2.82 bits per heavy atom. The largest absolute Gasteiger partial charge is 0.469 e. The van der Waals surface area contributed by atoms with Crippen LogP contribution >= 0.6 is 0 Å². The van der Waals surface area contributed by atoms with Gasteiger partial charge in [0.15, 0.2) is 23.2 Å². The third kappa shape index (κ3) is 4.36. The number of alkyl carbamates (subject to hydrolysis) is 1. The number of rotatable bonds is 7. The molecule has 204 valence electrons. The third-order valence-electron chi connectivity index (χ3n) is 7.84. The van der Waals surface area contributed by atoms with Crippen molar-refractivity contribution in [3.63, 3.8) is 0 Å². The fourth-order valence-electron chi connectivity index (χ4n) is 5.89. The average molecular weight is 531 g/mol. The van der Waals surface area contributed by atoms with Gasteiger partial charge in [0.2, 0.25) is 0 Å². The van der Waals surface area contributed by atoms with Gasteiger partial charge in [-0.3, -0.25) is 9.36 Å². The highest BCUT2D eigenvalue weighted by molar-refractivity contribution is 5.83. The van der Waals surface area contributed by atoms with Gasteiger partial charge in [0.05, 0.1) is 38.0 Å². The fourth-order valence-corrected chi connectivity index (χ4v) is 5.89. The molecular formula is C24H30N6O8. The highest BCUT2D eigenvalue weighted by Crippen LogP contribution is 2.44. The second-order valence-electron chi connectivity index (χ2n) is 10.1. The molecule has 1 amide bonds. The lowest BCUT2D eigenvalue weighted by molar-refractivity contribution is -0.147. The van der Waals surface area contributed by atoms with Crippen LogP contribution in [0, 0.1) is 17.8 Å². The van der Waals surface area contributed by atoms with Crippen LogP contribution in [-0.2, 0) is 23.7 Å². The number of hydrogen-bond donors (Lipinski definition) is 4. The first-order valence-corrected chi connectivity index (χ1v) is 12.7. The molecule has 9 atom stereocenters. The number of carbonyl (C=O) groups is 2. The Bertz CT molecular complexity index is 1230. The van der Waals surface area contributed by atoms with Gasteiger partial charge in [0.25, 0.3) is 0 Å². The summed E-state index contributed by atoms with van der Waals surface area (Å²) < 4.78 is 23.0. The number of aliphatic hydroxyl groups is 2. The summed E-state index contributed by atoms with van der Waals surface area (Å²) >= 11 is 0. The van der Waals surface area contributed by atoms with E-state index in [1.807, 2.05) is 12.2 Å². The van der Waals surface area contributed by atoms with Gasteiger partial charge in [-0.2, -0.15) is 0 Å². The summed E-state index contributed by atoms with van der Waals surface area (Å²) in [6.07, 6.45) is 3.02. The quantitative estimate of drug-likeness (QED) is 0.272. The number of aromatic nitrogens is 4. The van der Waals surface area contributed by atoms with Gasteiger partial charge >= 0.3 is 12.1 Å². The van der Waals surface area contributed by atoms with E-state index in [1.54, 1.807) is 0 Å². The van der Waals surface area contributed by atoms with Crippen LogP contribution in [0.2, 0.25) is 0 Å². The molecule has 38 heavy (non-hydrogen) atoms. The monoisotopic (exact) mass is 530 g/mol. The number of aliphatic hydroxyl groups excluding tert-OH is 2. The summed E-state index contributed by atoms with van der Waals surface area (Å²) in [4.78, 5) is 37.8. The molecule has 0 radical (unpaired) electrons. The third-order valence-corrected chi connectivity index (χ3v) is 7.84. The number of carbonyl (C=O) groups excluding carboxylic acids is 2. The molecule has 2 aliphatic carbocycles. The maximum absolute atomic E-state index is 12.6. The molecule has 4 heterocycles. The highest BCUT2D eigenvalue weighted by atomic mass is 16.6. The summed E-state index contributed by atoms with van der Waals surface area (Å²) in [5.41, 5.74) is 0.902. The lowest BCUT2D eigenvalue weighted by atomic mass is 9.89. The second kappa shape index (κ2) is 10.1. The van der Waals surface area contributed by atoms with Crippen LogP contribution in [0.5, 0.6) is 0 Å². The minimum absolute atomic E-state index is 0.0182. The average Bonchev–Trinajstić information content (AvgIpc) is 3.74. The van der Waals surface area contributed by atoms with Crippen molar-refractivity contribution in [2.24, 2.45) is 17.8 Å². The van der Waals surface area contributed by atoms with Crippen molar-refractivity contribution in [3.05, 3.63) is 24.8 Å². The van der Waals surface area contributed by atoms with Crippen molar-refractivity contribution >= 4 is 29.0 Å². The molecule has 0 spiro atoms. The van der Waals surface area contributed by atoms with Crippen LogP contribution in [-0.4, -0.2) is 99.1 Å². The van der Waals surface area contributed by atoms with E-state index in [9.17, 15) is 19.8 Å². The Balaban J connectivity index is 1.10. The Morgan fingerprint density at radius 2 is 2.03 bits per heavy atom. The van der Waals surface area contributed by atoms with E-state index in [2.05, 4.69) is 25.6 Å². The van der Waals surface area contributed by atoms with Crippen molar-refractivity contribution in [1.82, 2.24) is 24.8 Å². The minimum atomic E-state index is -1.33. The Morgan fingerprint density at radius 1 is 1.18 bits per heavy atom. The number of nitrogens with one attached hydrogen (secondary N) is 2. The van der Waals surface area contributed by atoms with E-state index in [0.717, 1.165) is 12.8 Å². The smallest absolute Gasteiger partial charge is 0.407 e. The maximum atomic E-state index is 12.6. The molecule has 2 aromatic rings. The van der Waals surface area contributed by atoms with Crippen LogP contribution in [0.4, 0.5) is 10.6 Å². The maximum Gasteiger partial charge on any atom is 0.407 e. The van der Waals surface area contributed by atoms with Gasteiger partial charge in [0, 0.05) is 6.61 Å². The standard InChI is InChI=1S/C24H30N6O8/c1-35-23(33)15-11-2-3-12(6-11)16(15)29-24(34)37-8-14-18(31)19(32)22(38-14)30-10-27-17-20(25-9-26-21(17)30)28-13-4-5-36-7-13/h2-3,9-16,18-19,22,31-32H,4-8H2,1H3,(H,29,34)(H,25,26,28)/t11?,12?,13?,14-,15?,16?,18-,19?,22?/m1/s1. The number of amides is 1. The zero-order valence-electron chi connectivity index (χ0n) is 20.7. The van der Waals surface area contributed by atoms with Crippen molar-refractivity contribution in [2.45, 2.75) is 49.5 Å². The van der Waals surface area contributed by atoms with E-state index in [4.69, 9.17) is 18.9 Å². The number of methoxy groups -OCH3 is 1. The molecule has 1 saturated carbocycles. The molecule has 0 aromatic carbocycles. The van der Waals surface area contributed by atoms with Gasteiger partial charge in [-0.1, -0.05) is 12.2 Å². The summed E-state index contributed by atoms with van der Waals surface area (Å²) in [5, 5.41) is 27.4. The Labute approximate surface area is 217 Å². The number of nitrogens with zero attached hydrogens (tertiary/aromatic N) is 4. The molecular weight excluding hydrogens is 500 g/mol. The number of hydrogen-bond acceptors (Lipinski definition) is 12. The fraction of sp³-hybridized carbons (Fsp3) is 0.625. The highest BCUT2D eigenvalue weighted by Gasteiger charge is 2.50. The number of esters is 1. The molecule has 14 heteroatoms. The van der Waals surface area contributed by atoms with E-state index in [0.29, 0.717) is 30.2 Å². The normalized spacial score (nSPS) is 35.6. The number of imidazole rings is 1. The molecule has 4 aliphatic rings. The van der Waals surface area contributed by atoms with Crippen LogP contribution in [0.15, 0.2) is 24.8 Å². The number of fused-ring (bicyclic) bond motifs is 3. The van der Waals surface area contributed by atoms with Crippen molar-refractivity contribution in [1.29, 1.82) is 0 Å². The van der Waals surface area contributed by atoms with E-state index >= 15 is 0 Å². The molecule has 2 saturated heterocycles. The molecule has 2 aromatic heterocycles. The zero-order chi connectivity index (χ0) is 26.4. The number of ether oxygens (including phenoxy) is 4. The molecule has 6 rings (SSSR count). The summed E-state index contributed by atoms with van der Waals surface area (Å²) in [5.74, 6) is -0.273. The van der Waals surface area contributed by atoms with Crippen LogP contribution in [0.25, 0.3) is 11.2 Å². The summed E-state index contributed by atoms with van der Waals surface area (Å²) in [7, 11) is 1.32. The van der Waals surface area contributed by atoms with E-state index in [1.165, 1.54) is 24.3 Å². The predicted molar refractivity (Wildman–Crippen MR) is 129 cm³/mol. The first-order chi connectivity index (χ1) is 18.4. The molecule has 2 bridgehead atoms. The molecule has 2 aliphatic heterocycles. The van der Waals surface area contributed by atoms with Crippen LogP contribution in [0.1, 0.15) is 19.1 Å². The Kier molecular flexibility index (Phi) is 6.63. The van der Waals surface area contributed by atoms with Gasteiger partial charge in [-0.15, -0.1) is 0 Å². The molecule has 3 fully saturated rings. The van der Waals surface area contributed by atoms with Crippen molar-refractivity contribution < 1.29 is 38.7 Å². The Hall–Kier alpha value is -3.33. The van der Waals surface area contributed by atoms with Gasteiger partial charge in [0.1, 0.15) is 31.2 Å². The summed E-state index contributed by atoms with van der Waals surface area (Å²) in [6.45, 7) is 0.933. The molecule has 14 nitrogen and oxygen atoms in total. The van der Waals surface area contributed by atoms with Crippen molar-refractivity contribution in [2.75, 3.05) is 32.2 Å². The number of allylic oxidation sites excluding steroid dienone is 1. The zero-order valence-corrected chi connectivity index (χ0v) is 20.7. The lowest BCUT2D eigenvalue weighted by Gasteiger charge is -2.26.